The van der Waals surface area contributed by atoms with Crippen LogP contribution in [0, 0.1) is 0 Å². The molecule has 0 aliphatic carbocycles. The molecule has 2 saturated heterocycles. The highest BCUT2D eigenvalue weighted by molar-refractivity contribution is 7.89. The highest BCUT2D eigenvalue weighted by atomic mass is 32.2. The third-order valence-corrected chi connectivity index (χ3v) is 7.30. The number of piperazine rings is 1. The quantitative estimate of drug-likeness (QED) is 0.767. The van der Waals surface area contributed by atoms with E-state index in [1.54, 1.807) is 6.07 Å². The molecule has 0 radical (unpaired) electrons. The van der Waals surface area contributed by atoms with Gasteiger partial charge in [0.2, 0.25) is 10.0 Å². The lowest BCUT2D eigenvalue weighted by molar-refractivity contribution is 0.0730. The first kappa shape index (κ1) is 19.4. The van der Waals surface area contributed by atoms with Gasteiger partial charge in [-0.05, 0) is 29.8 Å². The van der Waals surface area contributed by atoms with Crippen LogP contribution in [0.25, 0.3) is 0 Å². The molecule has 7 heteroatoms. The third-order valence-electron chi connectivity index (χ3n) is 5.41. The molecule has 2 aromatic carbocycles. The van der Waals surface area contributed by atoms with Crippen molar-refractivity contribution in [2.45, 2.75) is 11.4 Å². The predicted octanol–water partition coefficient (Wildman–Crippen LogP) is 2.03. The number of benzene rings is 2. The summed E-state index contributed by atoms with van der Waals surface area (Å²) in [5.74, 6) is 0. The van der Waals surface area contributed by atoms with Gasteiger partial charge in [0.15, 0.2) is 0 Å². The molecule has 0 N–H and O–H groups in total. The van der Waals surface area contributed by atoms with Gasteiger partial charge in [-0.25, -0.2) is 8.42 Å². The molecular formula is C21H27N3O3S. The number of hydrogen-bond donors (Lipinski definition) is 0. The summed E-state index contributed by atoms with van der Waals surface area (Å²) in [6.07, 6.45) is 0. The molecule has 2 fully saturated rings. The minimum atomic E-state index is -3.44. The molecule has 0 atom stereocenters. The van der Waals surface area contributed by atoms with E-state index < -0.39 is 10.0 Å². The largest absolute Gasteiger partial charge is 0.379 e. The molecule has 0 spiro atoms. The van der Waals surface area contributed by atoms with Crippen molar-refractivity contribution in [1.82, 2.24) is 9.21 Å². The van der Waals surface area contributed by atoms with Gasteiger partial charge in [-0.3, -0.25) is 4.90 Å². The van der Waals surface area contributed by atoms with Gasteiger partial charge in [-0.2, -0.15) is 4.31 Å². The summed E-state index contributed by atoms with van der Waals surface area (Å²) in [6, 6.07) is 17.9. The Balaban J connectivity index is 1.39. The molecular weight excluding hydrogens is 374 g/mol. The second-order valence-electron chi connectivity index (χ2n) is 7.26. The lowest BCUT2D eigenvalue weighted by atomic mass is 10.2. The molecule has 0 unspecified atom stereocenters. The van der Waals surface area contributed by atoms with Crippen molar-refractivity contribution >= 4 is 15.7 Å². The van der Waals surface area contributed by atoms with Gasteiger partial charge in [-0.1, -0.05) is 30.3 Å². The molecule has 0 bridgehead atoms. The monoisotopic (exact) mass is 401 g/mol. The molecule has 150 valence electrons. The Hall–Kier alpha value is -1.93. The van der Waals surface area contributed by atoms with Crippen LogP contribution >= 0.6 is 0 Å². The van der Waals surface area contributed by atoms with Gasteiger partial charge < -0.3 is 9.64 Å². The Morgan fingerprint density at radius 3 is 2.25 bits per heavy atom. The summed E-state index contributed by atoms with van der Waals surface area (Å²) in [7, 11) is -3.44. The van der Waals surface area contributed by atoms with Crippen molar-refractivity contribution in [2.75, 3.05) is 57.4 Å². The van der Waals surface area contributed by atoms with Gasteiger partial charge in [0.05, 0.1) is 18.1 Å². The fourth-order valence-electron chi connectivity index (χ4n) is 3.80. The molecule has 0 saturated carbocycles. The zero-order chi connectivity index (χ0) is 19.4. The van der Waals surface area contributed by atoms with Crippen LogP contribution in [0.4, 0.5) is 5.69 Å². The number of anilines is 1. The van der Waals surface area contributed by atoms with Gasteiger partial charge in [0.25, 0.3) is 0 Å². The summed E-state index contributed by atoms with van der Waals surface area (Å²) < 4.78 is 32.6. The van der Waals surface area contributed by atoms with Crippen molar-refractivity contribution in [2.24, 2.45) is 0 Å². The normalized spacial score (nSPS) is 19.6. The first-order valence-electron chi connectivity index (χ1n) is 9.82. The van der Waals surface area contributed by atoms with Gasteiger partial charge >= 0.3 is 0 Å². The topological polar surface area (TPSA) is 53.1 Å². The first-order valence-corrected chi connectivity index (χ1v) is 11.3. The Morgan fingerprint density at radius 2 is 1.54 bits per heavy atom. The second-order valence-corrected chi connectivity index (χ2v) is 9.20. The molecule has 4 rings (SSSR count). The van der Waals surface area contributed by atoms with Gasteiger partial charge in [-0.15, -0.1) is 0 Å². The zero-order valence-corrected chi connectivity index (χ0v) is 16.9. The van der Waals surface area contributed by atoms with Crippen LogP contribution in [-0.2, 0) is 21.3 Å². The number of hydrogen-bond acceptors (Lipinski definition) is 5. The molecule has 2 aliphatic rings. The van der Waals surface area contributed by atoms with E-state index >= 15 is 0 Å². The minimum absolute atomic E-state index is 0.384. The van der Waals surface area contributed by atoms with E-state index in [0.29, 0.717) is 31.2 Å². The molecule has 6 nitrogen and oxygen atoms in total. The first-order chi connectivity index (χ1) is 13.6. The van der Waals surface area contributed by atoms with Gasteiger partial charge in [0.1, 0.15) is 0 Å². The maximum absolute atomic E-state index is 12.9. The molecule has 2 aromatic rings. The SMILES string of the molecule is O=S(=O)(c1cccc(CN2CCN(c3ccccc3)CC2)c1)N1CCOCC1. The van der Waals surface area contributed by atoms with Crippen molar-refractivity contribution in [1.29, 1.82) is 0 Å². The molecule has 28 heavy (non-hydrogen) atoms. The van der Waals surface area contributed by atoms with Crippen LogP contribution in [0.3, 0.4) is 0 Å². The summed E-state index contributed by atoms with van der Waals surface area (Å²) in [6.45, 7) is 6.45. The average molecular weight is 402 g/mol. The number of ether oxygens (including phenoxy) is 1. The maximum Gasteiger partial charge on any atom is 0.243 e. The summed E-state index contributed by atoms with van der Waals surface area (Å²) in [5.41, 5.74) is 2.31. The summed E-state index contributed by atoms with van der Waals surface area (Å²) in [4.78, 5) is 5.17. The van der Waals surface area contributed by atoms with E-state index in [2.05, 4.69) is 34.1 Å². The van der Waals surface area contributed by atoms with E-state index in [1.165, 1.54) is 9.99 Å². The Bertz CT molecular complexity index is 875. The van der Waals surface area contributed by atoms with Crippen LogP contribution < -0.4 is 4.90 Å². The van der Waals surface area contributed by atoms with Crippen molar-refractivity contribution < 1.29 is 13.2 Å². The zero-order valence-electron chi connectivity index (χ0n) is 16.0. The van der Waals surface area contributed by atoms with Crippen LogP contribution in [0.5, 0.6) is 0 Å². The molecule has 2 aliphatic heterocycles. The number of para-hydroxylation sites is 1. The van der Waals surface area contributed by atoms with E-state index in [0.717, 1.165) is 38.3 Å². The minimum Gasteiger partial charge on any atom is -0.379 e. The van der Waals surface area contributed by atoms with E-state index in [9.17, 15) is 8.42 Å². The van der Waals surface area contributed by atoms with Crippen LogP contribution in [0.2, 0.25) is 0 Å². The second kappa shape index (κ2) is 8.61. The lowest BCUT2D eigenvalue weighted by Gasteiger charge is -2.36. The van der Waals surface area contributed by atoms with Crippen LogP contribution in [0.15, 0.2) is 59.5 Å². The van der Waals surface area contributed by atoms with Crippen molar-refractivity contribution in [3.05, 3.63) is 60.2 Å². The van der Waals surface area contributed by atoms with E-state index in [1.807, 2.05) is 24.3 Å². The van der Waals surface area contributed by atoms with E-state index in [-0.39, 0.29) is 0 Å². The summed E-state index contributed by atoms with van der Waals surface area (Å²) >= 11 is 0. The number of rotatable bonds is 5. The smallest absolute Gasteiger partial charge is 0.243 e. The molecule has 0 amide bonds. The highest BCUT2D eigenvalue weighted by Gasteiger charge is 2.26. The van der Waals surface area contributed by atoms with Crippen LogP contribution in [0.1, 0.15) is 5.56 Å². The van der Waals surface area contributed by atoms with Crippen molar-refractivity contribution in [3.8, 4) is 0 Å². The number of sulfonamides is 1. The standard InChI is InChI=1S/C21H27N3O3S/c25-28(26,24-13-15-27-16-14-24)21-8-4-5-19(17-21)18-22-9-11-23(12-10-22)20-6-2-1-3-7-20/h1-8,17H,9-16,18H2. The average Bonchev–Trinajstić information content (AvgIpc) is 2.76. The van der Waals surface area contributed by atoms with Crippen LogP contribution in [-0.4, -0.2) is 70.1 Å². The summed E-state index contributed by atoms with van der Waals surface area (Å²) in [5, 5.41) is 0. The number of morpholine rings is 1. The Kier molecular flexibility index (Phi) is 5.96. The lowest BCUT2D eigenvalue weighted by Crippen LogP contribution is -2.46. The van der Waals surface area contributed by atoms with Crippen molar-refractivity contribution in [3.63, 3.8) is 0 Å². The fourth-order valence-corrected chi connectivity index (χ4v) is 5.28. The number of nitrogens with zero attached hydrogens (tertiary/aromatic N) is 3. The maximum atomic E-state index is 12.9. The highest BCUT2D eigenvalue weighted by Crippen LogP contribution is 2.20. The Morgan fingerprint density at radius 1 is 0.821 bits per heavy atom. The van der Waals surface area contributed by atoms with E-state index in [4.69, 9.17) is 4.74 Å². The third kappa shape index (κ3) is 4.38. The fraction of sp³-hybridized carbons (Fsp3) is 0.429. The van der Waals surface area contributed by atoms with Gasteiger partial charge in [0, 0.05) is 51.5 Å². The molecule has 2 heterocycles. The molecule has 0 aromatic heterocycles. The predicted molar refractivity (Wildman–Crippen MR) is 110 cm³/mol. The Labute approximate surface area is 167 Å².